The minimum absolute atomic E-state index is 0.0850. The smallest absolute Gasteiger partial charge is 0.272 e. The number of halogens is 3. The first kappa shape index (κ1) is 11.2. The molecule has 6 heteroatoms. The normalized spacial score (nSPS) is 10.6. The van der Waals surface area contributed by atoms with Gasteiger partial charge >= 0.3 is 0 Å². The van der Waals surface area contributed by atoms with Crippen LogP contribution in [0.5, 0.6) is 5.75 Å². The topological polar surface area (TPSA) is 42.1 Å². The van der Waals surface area contributed by atoms with E-state index in [1.54, 1.807) is 0 Å². The van der Waals surface area contributed by atoms with Crippen molar-refractivity contribution in [2.24, 2.45) is 0 Å². The van der Waals surface area contributed by atoms with Gasteiger partial charge in [0.25, 0.3) is 12.0 Å². The average Bonchev–Trinajstić information content (AvgIpc) is 2.15. The van der Waals surface area contributed by atoms with Gasteiger partial charge in [0, 0.05) is 17.1 Å². The standard InChI is InChI=1S/C8H8BrF2NO2/c1-14-5-2-4(3-9)12-8(13)6(5)7(10)11/h2,7H,3H2,1H3,(H,12,13). The molecule has 0 radical (unpaired) electrons. The molecule has 1 aromatic rings. The first-order chi connectivity index (χ1) is 6.60. The molecule has 78 valence electrons. The Morgan fingerprint density at radius 3 is 2.71 bits per heavy atom. The van der Waals surface area contributed by atoms with Gasteiger partial charge in [-0.05, 0) is 0 Å². The van der Waals surface area contributed by atoms with Gasteiger partial charge in [0.15, 0.2) is 0 Å². The van der Waals surface area contributed by atoms with Crippen molar-refractivity contribution in [3.63, 3.8) is 0 Å². The van der Waals surface area contributed by atoms with Crippen molar-refractivity contribution in [3.8, 4) is 5.75 Å². The third-order valence-corrected chi connectivity index (χ3v) is 2.28. The highest BCUT2D eigenvalue weighted by Gasteiger charge is 2.19. The number of aromatic amines is 1. The summed E-state index contributed by atoms with van der Waals surface area (Å²) in [6.07, 6.45) is -2.84. The van der Waals surface area contributed by atoms with Gasteiger partial charge in [-0.3, -0.25) is 4.79 Å². The van der Waals surface area contributed by atoms with Gasteiger partial charge in [0.05, 0.1) is 7.11 Å². The van der Waals surface area contributed by atoms with E-state index in [9.17, 15) is 13.6 Å². The lowest BCUT2D eigenvalue weighted by Crippen LogP contribution is -2.16. The minimum Gasteiger partial charge on any atom is -0.496 e. The molecule has 0 aliphatic rings. The number of ether oxygens (including phenoxy) is 1. The van der Waals surface area contributed by atoms with Crippen LogP contribution in [0.4, 0.5) is 8.78 Å². The summed E-state index contributed by atoms with van der Waals surface area (Å²) in [5, 5.41) is 0.377. The van der Waals surface area contributed by atoms with Gasteiger partial charge in [-0.15, -0.1) is 0 Å². The Hall–Kier alpha value is -0.910. The van der Waals surface area contributed by atoms with E-state index in [4.69, 9.17) is 4.74 Å². The Balaban J connectivity index is 3.35. The number of nitrogens with one attached hydrogen (secondary N) is 1. The van der Waals surface area contributed by atoms with Crippen molar-refractivity contribution < 1.29 is 13.5 Å². The summed E-state index contributed by atoms with van der Waals surface area (Å²) in [7, 11) is 1.25. The van der Waals surface area contributed by atoms with Gasteiger partial charge in [-0.1, -0.05) is 15.9 Å². The van der Waals surface area contributed by atoms with Gasteiger partial charge in [-0.2, -0.15) is 0 Å². The molecule has 1 rings (SSSR count). The fourth-order valence-electron chi connectivity index (χ4n) is 1.04. The third-order valence-electron chi connectivity index (χ3n) is 1.67. The van der Waals surface area contributed by atoms with E-state index in [0.717, 1.165) is 0 Å². The molecular formula is C8H8BrF2NO2. The van der Waals surface area contributed by atoms with Crippen LogP contribution >= 0.6 is 15.9 Å². The number of methoxy groups -OCH3 is 1. The van der Waals surface area contributed by atoms with Crippen LogP contribution in [-0.4, -0.2) is 12.1 Å². The second kappa shape index (κ2) is 4.54. The lowest BCUT2D eigenvalue weighted by atomic mass is 10.2. The molecule has 3 nitrogen and oxygen atoms in total. The Kier molecular flexibility index (Phi) is 3.62. The molecule has 0 saturated carbocycles. The first-order valence-corrected chi connectivity index (χ1v) is 4.86. The van der Waals surface area contributed by atoms with Gasteiger partial charge in [-0.25, -0.2) is 8.78 Å². The predicted octanol–water partition coefficient (Wildman–Crippen LogP) is 2.22. The average molecular weight is 268 g/mol. The Morgan fingerprint density at radius 1 is 1.64 bits per heavy atom. The van der Waals surface area contributed by atoms with E-state index < -0.39 is 17.5 Å². The first-order valence-electron chi connectivity index (χ1n) is 3.74. The number of aromatic nitrogens is 1. The Bertz CT molecular complexity index is 378. The second-order valence-electron chi connectivity index (χ2n) is 2.54. The summed E-state index contributed by atoms with van der Waals surface area (Å²) >= 11 is 3.10. The molecule has 0 spiro atoms. The highest BCUT2D eigenvalue weighted by Crippen LogP contribution is 2.25. The van der Waals surface area contributed by atoms with Crippen molar-refractivity contribution in [1.82, 2.24) is 4.98 Å². The van der Waals surface area contributed by atoms with Crippen LogP contribution in [0.1, 0.15) is 17.7 Å². The molecule has 0 fully saturated rings. The molecule has 0 bridgehead atoms. The molecule has 1 N–H and O–H groups in total. The summed E-state index contributed by atoms with van der Waals surface area (Å²) in [6.45, 7) is 0. The molecule has 0 saturated heterocycles. The quantitative estimate of drug-likeness (QED) is 0.854. The van der Waals surface area contributed by atoms with Crippen molar-refractivity contribution in [2.45, 2.75) is 11.8 Å². The summed E-state index contributed by atoms with van der Waals surface area (Å²) in [5.74, 6) is -0.0850. The predicted molar refractivity (Wildman–Crippen MR) is 51.2 cm³/mol. The molecule has 0 atom stereocenters. The minimum atomic E-state index is -2.84. The zero-order valence-corrected chi connectivity index (χ0v) is 8.90. The molecule has 0 aliphatic carbocycles. The number of alkyl halides is 3. The lowest BCUT2D eigenvalue weighted by Gasteiger charge is -2.07. The zero-order chi connectivity index (χ0) is 10.7. The number of hydrogen-bond acceptors (Lipinski definition) is 2. The molecule has 0 aromatic carbocycles. The van der Waals surface area contributed by atoms with Crippen LogP contribution in [-0.2, 0) is 5.33 Å². The molecule has 1 aromatic heterocycles. The fourth-order valence-corrected chi connectivity index (χ4v) is 1.35. The van der Waals surface area contributed by atoms with Gasteiger partial charge < -0.3 is 9.72 Å². The van der Waals surface area contributed by atoms with E-state index in [-0.39, 0.29) is 5.75 Å². The van der Waals surface area contributed by atoms with Crippen LogP contribution in [0.3, 0.4) is 0 Å². The number of rotatable bonds is 3. The summed E-state index contributed by atoms with van der Waals surface area (Å²) in [5.41, 5.74) is -0.942. The lowest BCUT2D eigenvalue weighted by molar-refractivity contribution is 0.145. The van der Waals surface area contributed by atoms with E-state index in [1.165, 1.54) is 13.2 Å². The monoisotopic (exact) mass is 267 g/mol. The number of H-pyrrole nitrogens is 1. The summed E-state index contributed by atoms with van der Waals surface area (Å²) in [6, 6.07) is 1.37. The van der Waals surface area contributed by atoms with E-state index in [1.807, 2.05) is 0 Å². The molecule has 0 unspecified atom stereocenters. The van der Waals surface area contributed by atoms with Crippen LogP contribution < -0.4 is 10.3 Å². The van der Waals surface area contributed by atoms with Crippen molar-refractivity contribution >= 4 is 15.9 Å². The van der Waals surface area contributed by atoms with Crippen molar-refractivity contribution in [3.05, 3.63) is 27.7 Å². The Morgan fingerprint density at radius 2 is 2.29 bits per heavy atom. The zero-order valence-electron chi connectivity index (χ0n) is 7.31. The maximum atomic E-state index is 12.4. The SMILES string of the molecule is COc1cc(CBr)[nH]c(=O)c1C(F)F. The van der Waals surface area contributed by atoms with Gasteiger partial charge in [0.1, 0.15) is 11.3 Å². The van der Waals surface area contributed by atoms with E-state index in [2.05, 4.69) is 20.9 Å². The van der Waals surface area contributed by atoms with E-state index in [0.29, 0.717) is 11.0 Å². The summed E-state index contributed by atoms with van der Waals surface area (Å²) < 4.78 is 29.5. The van der Waals surface area contributed by atoms with Crippen LogP contribution in [0.15, 0.2) is 10.9 Å². The van der Waals surface area contributed by atoms with Crippen LogP contribution in [0.2, 0.25) is 0 Å². The molecule has 1 heterocycles. The molecular weight excluding hydrogens is 260 g/mol. The van der Waals surface area contributed by atoms with Gasteiger partial charge in [0.2, 0.25) is 0 Å². The number of hydrogen-bond donors (Lipinski definition) is 1. The molecule has 0 aliphatic heterocycles. The molecule has 14 heavy (non-hydrogen) atoms. The molecule has 0 amide bonds. The van der Waals surface area contributed by atoms with E-state index >= 15 is 0 Å². The maximum absolute atomic E-state index is 12.4. The second-order valence-corrected chi connectivity index (χ2v) is 3.10. The Labute approximate surface area is 87.2 Å². The maximum Gasteiger partial charge on any atom is 0.272 e. The highest BCUT2D eigenvalue weighted by atomic mass is 79.9. The van der Waals surface area contributed by atoms with Crippen LogP contribution in [0, 0.1) is 0 Å². The van der Waals surface area contributed by atoms with Crippen molar-refractivity contribution in [1.29, 1.82) is 0 Å². The highest BCUT2D eigenvalue weighted by molar-refractivity contribution is 9.08. The third kappa shape index (κ3) is 2.12. The van der Waals surface area contributed by atoms with Crippen molar-refractivity contribution in [2.75, 3.05) is 7.11 Å². The number of pyridine rings is 1. The fraction of sp³-hybridized carbons (Fsp3) is 0.375. The largest absolute Gasteiger partial charge is 0.496 e. The van der Waals surface area contributed by atoms with Crippen LogP contribution in [0.25, 0.3) is 0 Å². The summed E-state index contributed by atoms with van der Waals surface area (Å²) in [4.78, 5) is 13.5.